The Hall–Kier alpha value is -0.700. The standard InChI is InChI=1S/C10H10ClF3/c1-6-3-7(2)9(11)4-8(6)5-10(12,13)14/h3-4H,5H2,1-2H3. The maximum Gasteiger partial charge on any atom is 0.393 e. The van der Waals surface area contributed by atoms with Gasteiger partial charge >= 0.3 is 6.18 Å². The first-order valence-electron chi connectivity index (χ1n) is 4.12. The van der Waals surface area contributed by atoms with E-state index < -0.39 is 12.6 Å². The molecule has 0 aliphatic rings. The average Bonchev–Trinajstić information content (AvgIpc) is 1.97. The molecule has 0 saturated heterocycles. The van der Waals surface area contributed by atoms with E-state index in [4.69, 9.17) is 11.6 Å². The number of hydrogen-bond donors (Lipinski definition) is 0. The number of alkyl halides is 3. The molecule has 78 valence electrons. The van der Waals surface area contributed by atoms with E-state index in [0.29, 0.717) is 10.6 Å². The Kier molecular flexibility index (Phi) is 3.10. The van der Waals surface area contributed by atoms with E-state index in [0.717, 1.165) is 5.56 Å². The largest absolute Gasteiger partial charge is 0.393 e. The lowest BCUT2D eigenvalue weighted by Gasteiger charge is -2.10. The zero-order valence-corrected chi connectivity index (χ0v) is 8.63. The van der Waals surface area contributed by atoms with Crippen LogP contribution in [0.5, 0.6) is 0 Å². The van der Waals surface area contributed by atoms with Gasteiger partial charge in [-0.3, -0.25) is 0 Å². The molecule has 1 rings (SSSR count). The van der Waals surface area contributed by atoms with Gasteiger partial charge in [0.1, 0.15) is 0 Å². The predicted octanol–water partition coefficient (Wildman–Crippen LogP) is 4.06. The van der Waals surface area contributed by atoms with Gasteiger partial charge in [0.25, 0.3) is 0 Å². The van der Waals surface area contributed by atoms with Crippen LogP contribution in [0.2, 0.25) is 5.02 Å². The lowest BCUT2D eigenvalue weighted by Crippen LogP contribution is -2.12. The Balaban J connectivity index is 3.04. The van der Waals surface area contributed by atoms with Crippen molar-refractivity contribution in [3.63, 3.8) is 0 Å². The second kappa shape index (κ2) is 3.81. The molecule has 0 bridgehead atoms. The molecule has 0 spiro atoms. The van der Waals surface area contributed by atoms with Crippen LogP contribution in [-0.2, 0) is 6.42 Å². The fraction of sp³-hybridized carbons (Fsp3) is 0.400. The van der Waals surface area contributed by atoms with Gasteiger partial charge in [0.15, 0.2) is 0 Å². The minimum atomic E-state index is -4.18. The fourth-order valence-corrected chi connectivity index (χ4v) is 1.46. The van der Waals surface area contributed by atoms with Gasteiger partial charge in [-0.2, -0.15) is 13.2 Å². The van der Waals surface area contributed by atoms with Crippen molar-refractivity contribution in [2.75, 3.05) is 0 Å². The second-order valence-electron chi connectivity index (χ2n) is 3.32. The highest BCUT2D eigenvalue weighted by molar-refractivity contribution is 6.31. The van der Waals surface area contributed by atoms with E-state index >= 15 is 0 Å². The van der Waals surface area contributed by atoms with E-state index in [2.05, 4.69) is 0 Å². The van der Waals surface area contributed by atoms with E-state index in [9.17, 15) is 13.2 Å². The monoisotopic (exact) mass is 222 g/mol. The predicted molar refractivity (Wildman–Crippen MR) is 50.7 cm³/mol. The van der Waals surface area contributed by atoms with E-state index in [1.807, 2.05) is 0 Å². The van der Waals surface area contributed by atoms with Crippen LogP contribution >= 0.6 is 11.6 Å². The zero-order valence-electron chi connectivity index (χ0n) is 7.87. The SMILES string of the molecule is Cc1cc(C)c(CC(F)(F)F)cc1Cl. The molecule has 0 heterocycles. The van der Waals surface area contributed by atoms with Crippen LogP contribution < -0.4 is 0 Å². The summed E-state index contributed by atoms with van der Waals surface area (Å²) < 4.78 is 36.3. The van der Waals surface area contributed by atoms with Crippen molar-refractivity contribution in [2.45, 2.75) is 26.4 Å². The van der Waals surface area contributed by atoms with Gasteiger partial charge in [0, 0.05) is 5.02 Å². The number of aryl methyl sites for hydroxylation is 2. The van der Waals surface area contributed by atoms with Gasteiger partial charge in [0.05, 0.1) is 6.42 Å². The summed E-state index contributed by atoms with van der Waals surface area (Å²) in [6.45, 7) is 3.43. The highest BCUT2D eigenvalue weighted by atomic mass is 35.5. The molecule has 0 fully saturated rings. The molecule has 0 N–H and O–H groups in total. The molecule has 1 aromatic carbocycles. The summed E-state index contributed by atoms with van der Waals surface area (Å²) in [5.74, 6) is 0. The molecule has 0 unspecified atom stereocenters. The summed E-state index contributed by atoms with van der Waals surface area (Å²) in [6.07, 6.45) is -5.10. The summed E-state index contributed by atoms with van der Waals surface area (Å²) in [7, 11) is 0. The second-order valence-corrected chi connectivity index (χ2v) is 3.73. The van der Waals surface area contributed by atoms with Crippen molar-refractivity contribution in [2.24, 2.45) is 0 Å². The van der Waals surface area contributed by atoms with Crippen LogP contribution in [0.15, 0.2) is 12.1 Å². The molecule has 4 heteroatoms. The molecular weight excluding hydrogens is 213 g/mol. The minimum absolute atomic E-state index is 0.244. The summed E-state index contributed by atoms with van der Waals surface area (Å²) in [6, 6.07) is 3.06. The van der Waals surface area contributed by atoms with Gasteiger partial charge in [-0.1, -0.05) is 17.7 Å². The van der Waals surface area contributed by atoms with Gasteiger partial charge in [0.2, 0.25) is 0 Å². The Bertz CT molecular complexity index is 342. The third kappa shape index (κ3) is 2.91. The molecule has 1 aromatic rings. The Morgan fingerprint density at radius 2 is 1.71 bits per heavy atom. The molecule has 0 amide bonds. The van der Waals surface area contributed by atoms with E-state index in [-0.39, 0.29) is 5.56 Å². The molecule has 0 atom stereocenters. The first-order chi connectivity index (χ1) is 6.29. The van der Waals surface area contributed by atoms with Crippen LogP contribution in [0.4, 0.5) is 13.2 Å². The lowest BCUT2D eigenvalue weighted by molar-refractivity contribution is -0.127. The van der Waals surface area contributed by atoms with Crippen molar-refractivity contribution in [3.8, 4) is 0 Å². The van der Waals surface area contributed by atoms with Crippen LogP contribution in [0.1, 0.15) is 16.7 Å². The average molecular weight is 223 g/mol. The Labute approximate surface area is 85.7 Å². The van der Waals surface area contributed by atoms with Gasteiger partial charge in [-0.15, -0.1) is 0 Å². The van der Waals surface area contributed by atoms with Crippen molar-refractivity contribution < 1.29 is 13.2 Å². The van der Waals surface area contributed by atoms with Gasteiger partial charge in [-0.05, 0) is 36.6 Å². The molecule has 0 nitrogen and oxygen atoms in total. The highest BCUT2D eigenvalue weighted by Gasteiger charge is 2.28. The number of benzene rings is 1. The first-order valence-corrected chi connectivity index (χ1v) is 4.50. The molecule has 0 aliphatic heterocycles. The van der Waals surface area contributed by atoms with Gasteiger partial charge < -0.3 is 0 Å². The van der Waals surface area contributed by atoms with Gasteiger partial charge in [-0.25, -0.2) is 0 Å². The number of halogens is 4. The lowest BCUT2D eigenvalue weighted by atomic mass is 10.0. The smallest absolute Gasteiger partial charge is 0.171 e. The quantitative estimate of drug-likeness (QED) is 0.672. The van der Waals surface area contributed by atoms with E-state index in [1.54, 1.807) is 19.9 Å². The first kappa shape index (κ1) is 11.4. The third-order valence-electron chi connectivity index (χ3n) is 2.01. The molecule has 0 saturated carbocycles. The van der Waals surface area contributed by atoms with Crippen molar-refractivity contribution in [1.82, 2.24) is 0 Å². The Morgan fingerprint density at radius 1 is 1.14 bits per heavy atom. The van der Waals surface area contributed by atoms with Crippen LogP contribution in [0, 0.1) is 13.8 Å². The van der Waals surface area contributed by atoms with Crippen molar-refractivity contribution in [3.05, 3.63) is 33.8 Å². The fourth-order valence-electron chi connectivity index (χ4n) is 1.27. The molecule has 0 aromatic heterocycles. The third-order valence-corrected chi connectivity index (χ3v) is 2.42. The zero-order chi connectivity index (χ0) is 10.9. The number of rotatable bonds is 1. The normalized spacial score (nSPS) is 11.9. The van der Waals surface area contributed by atoms with E-state index in [1.165, 1.54) is 6.07 Å². The summed E-state index contributed by atoms with van der Waals surface area (Å²) in [4.78, 5) is 0. The molecule has 0 aliphatic carbocycles. The number of hydrogen-bond acceptors (Lipinski definition) is 0. The maximum atomic E-state index is 12.1. The maximum absolute atomic E-state index is 12.1. The molecular formula is C10H10ClF3. The summed E-state index contributed by atoms with van der Waals surface area (Å²) in [5, 5.41) is 0.384. The van der Waals surface area contributed by atoms with Crippen LogP contribution in [-0.4, -0.2) is 6.18 Å². The highest BCUT2D eigenvalue weighted by Crippen LogP contribution is 2.27. The molecule has 0 radical (unpaired) electrons. The Morgan fingerprint density at radius 3 is 2.21 bits per heavy atom. The topological polar surface area (TPSA) is 0 Å². The van der Waals surface area contributed by atoms with Crippen LogP contribution in [0.3, 0.4) is 0 Å². The minimum Gasteiger partial charge on any atom is -0.171 e. The molecule has 14 heavy (non-hydrogen) atoms. The van der Waals surface area contributed by atoms with Crippen LogP contribution in [0.25, 0.3) is 0 Å². The summed E-state index contributed by atoms with van der Waals surface area (Å²) >= 11 is 5.75. The van der Waals surface area contributed by atoms with Crippen molar-refractivity contribution in [1.29, 1.82) is 0 Å². The van der Waals surface area contributed by atoms with Crippen molar-refractivity contribution >= 4 is 11.6 Å². The summed E-state index contributed by atoms with van der Waals surface area (Å²) in [5.41, 5.74) is 1.67.